The molecule has 3 rings (SSSR count). The van der Waals surface area contributed by atoms with E-state index in [2.05, 4.69) is 15.6 Å². The summed E-state index contributed by atoms with van der Waals surface area (Å²) in [4.78, 5) is 29.2. The third-order valence-corrected chi connectivity index (χ3v) is 5.51. The Morgan fingerprint density at radius 1 is 1.33 bits per heavy atom. The van der Waals surface area contributed by atoms with Crippen LogP contribution in [-0.2, 0) is 9.59 Å². The van der Waals surface area contributed by atoms with Gasteiger partial charge in [-0.1, -0.05) is 19.1 Å². The summed E-state index contributed by atoms with van der Waals surface area (Å²) >= 11 is 3.07. The molecule has 7 heteroatoms. The highest BCUT2D eigenvalue weighted by atomic mass is 32.2. The van der Waals surface area contributed by atoms with Gasteiger partial charge in [0.15, 0.2) is 5.13 Å². The molecular formula is C17H19N3O2S2. The number of anilines is 1. The number of carbonyl (C=O) groups is 2. The molecular weight excluding hydrogens is 342 g/mol. The summed E-state index contributed by atoms with van der Waals surface area (Å²) in [5, 5.41) is 7.85. The number of thioether (sulfide) groups is 1. The van der Waals surface area contributed by atoms with Gasteiger partial charge in [-0.05, 0) is 30.7 Å². The predicted octanol–water partition coefficient (Wildman–Crippen LogP) is 3.24. The fraction of sp³-hybridized carbons (Fsp3) is 0.353. The summed E-state index contributed by atoms with van der Waals surface area (Å²) in [5.74, 6) is 0.224. The number of carbonyl (C=O) groups excluding carboxylic acids is 2. The van der Waals surface area contributed by atoms with Crippen molar-refractivity contribution in [3.63, 3.8) is 0 Å². The van der Waals surface area contributed by atoms with E-state index >= 15 is 0 Å². The number of benzene rings is 1. The molecule has 0 saturated heterocycles. The largest absolute Gasteiger partial charge is 0.347 e. The van der Waals surface area contributed by atoms with Crippen molar-refractivity contribution in [1.29, 1.82) is 0 Å². The standard InChI is InChI=1S/C17H19N3O2S2/c1-10-7-13(10)16(22)18-8-15(21)20-17-19-14(9-24-17)11-3-5-12(23-2)6-4-11/h3-6,9-10,13H,7-8H2,1-2H3,(H,18,22)(H,19,20,21)/t10-,13+/m1/s1. The van der Waals surface area contributed by atoms with Gasteiger partial charge in [0.25, 0.3) is 0 Å². The first-order valence-corrected chi connectivity index (χ1v) is 9.85. The minimum Gasteiger partial charge on any atom is -0.347 e. The summed E-state index contributed by atoms with van der Waals surface area (Å²) in [6.07, 6.45) is 2.95. The summed E-state index contributed by atoms with van der Waals surface area (Å²) < 4.78 is 0. The fourth-order valence-electron chi connectivity index (χ4n) is 2.37. The smallest absolute Gasteiger partial charge is 0.245 e. The molecule has 0 spiro atoms. The van der Waals surface area contributed by atoms with E-state index in [4.69, 9.17) is 0 Å². The number of hydrogen-bond donors (Lipinski definition) is 2. The highest BCUT2D eigenvalue weighted by molar-refractivity contribution is 7.98. The number of nitrogens with one attached hydrogen (secondary N) is 2. The Kier molecular flexibility index (Phi) is 5.20. The monoisotopic (exact) mass is 361 g/mol. The van der Waals surface area contributed by atoms with Crippen LogP contribution in [0.2, 0.25) is 0 Å². The predicted molar refractivity (Wildman–Crippen MR) is 98.2 cm³/mol. The van der Waals surface area contributed by atoms with Crippen LogP contribution in [0.15, 0.2) is 34.5 Å². The Hall–Kier alpha value is -1.86. The molecule has 1 aromatic heterocycles. The van der Waals surface area contributed by atoms with Crippen LogP contribution in [0.1, 0.15) is 13.3 Å². The topological polar surface area (TPSA) is 71.1 Å². The highest BCUT2D eigenvalue weighted by Gasteiger charge is 2.38. The van der Waals surface area contributed by atoms with Crippen molar-refractivity contribution in [2.75, 3.05) is 18.1 Å². The van der Waals surface area contributed by atoms with E-state index in [1.54, 1.807) is 11.8 Å². The molecule has 1 aliphatic carbocycles. The van der Waals surface area contributed by atoms with E-state index < -0.39 is 0 Å². The molecule has 0 unspecified atom stereocenters. The van der Waals surface area contributed by atoms with Crippen molar-refractivity contribution in [1.82, 2.24) is 10.3 Å². The SMILES string of the molecule is CSc1ccc(-c2csc(NC(=O)CNC(=O)[C@H]3C[C@H]3C)n2)cc1. The van der Waals surface area contributed by atoms with E-state index in [0.717, 1.165) is 17.7 Å². The van der Waals surface area contributed by atoms with Crippen LogP contribution in [0.3, 0.4) is 0 Å². The first-order chi connectivity index (χ1) is 11.6. The zero-order valence-corrected chi connectivity index (χ0v) is 15.2. The Balaban J connectivity index is 1.53. The first kappa shape index (κ1) is 17.0. The maximum atomic E-state index is 11.9. The normalized spacial score (nSPS) is 18.9. The van der Waals surface area contributed by atoms with E-state index in [-0.39, 0.29) is 24.3 Å². The number of amides is 2. The molecule has 126 valence electrons. The molecule has 0 radical (unpaired) electrons. The lowest BCUT2D eigenvalue weighted by molar-refractivity contribution is -0.125. The zero-order valence-electron chi connectivity index (χ0n) is 13.5. The zero-order chi connectivity index (χ0) is 17.1. The number of aromatic nitrogens is 1. The molecule has 1 fully saturated rings. The number of nitrogens with zero attached hydrogens (tertiary/aromatic N) is 1. The van der Waals surface area contributed by atoms with Crippen LogP contribution >= 0.6 is 23.1 Å². The quantitative estimate of drug-likeness (QED) is 0.775. The molecule has 2 N–H and O–H groups in total. The molecule has 5 nitrogen and oxygen atoms in total. The highest BCUT2D eigenvalue weighted by Crippen LogP contribution is 2.37. The molecule has 1 aromatic carbocycles. The molecule has 2 amide bonds. The van der Waals surface area contributed by atoms with Crippen LogP contribution in [0.25, 0.3) is 11.3 Å². The van der Waals surface area contributed by atoms with Crippen molar-refractivity contribution in [2.45, 2.75) is 18.2 Å². The Morgan fingerprint density at radius 3 is 2.67 bits per heavy atom. The summed E-state index contributed by atoms with van der Waals surface area (Å²) in [7, 11) is 0. The third-order valence-electron chi connectivity index (χ3n) is 4.01. The first-order valence-electron chi connectivity index (χ1n) is 7.74. The van der Waals surface area contributed by atoms with Crippen molar-refractivity contribution < 1.29 is 9.59 Å². The Morgan fingerprint density at radius 2 is 2.04 bits per heavy atom. The number of thiazole rings is 1. The lowest BCUT2D eigenvalue weighted by Crippen LogP contribution is -2.34. The van der Waals surface area contributed by atoms with Crippen molar-refractivity contribution >= 4 is 40.0 Å². The van der Waals surface area contributed by atoms with E-state index in [1.165, 1.54) is 16.2 Å². The van der Waals surface area contributed by atoms with Gasteiger partial charge in [-0.3, -0.25) is 9.59 Å². The number of hydrogen-bond acceptors (Lipinski definition) is 5. The van der Waals surface area contributed by atoms with Gasteiger partial charge < -0.3 is 10.6 Å². The molecule has 2 atom stereocenters. The molecule has 2 aromatic rings. The number of rotatable bonds is 6. The van der Waals surface area contributed by atoms with Crippen molar-refractivity contribution in [2.24, 2.45) is 11.8 Å². The molecule has 1 saturated carbocycles. The maximum Gasteiger partial charge on any atom is 0.245 e. The maximum absolute atomic E-state index is 11.9. The van der Waals surface area contributed by atoms with Gasteiger partial charge in [-0.15, -0.1) is 23.1 Å². The van der Waals surface area contributed by atoms with Crippen LogP contribution in [-0.4, -0.2) is 29.6 Å². The summed E-state index contributed by atoms with van der Waals surface area (Å²) in [6, 6.07) is 8.13. The average Bonchev–Trinajstić information content (AvgIpc) is 3.15. The van der Waals surface area contributed by atoms with Gasteiger partial charge >= 0.3 is 0 Å². The van der Waals surface area contributed by atoms with Gasteiger partial charge in [0.05, 0.1) is 12.2 Å². The van der Waals surface area contributed by atoms with Crippen LogP contribution in [0, 0.1) is 11.8 Å². The molecule has 24 heavy (non-hydrogen) atoms. The van der Waals surface area contributed by atoms with E-state index in [9.17, 15) is 9.59 Å². The lowest BCUT2D eigenvalue weighted by Gasteiger charge is -2.04. The van der Waals surface area contributed by atoms with E-state index in [1.807, 2.05) is 42.8 Å². The second kappa shape index (κ2) is 7.36. The molecule has 1 aliphatic rings. The Labute approximate surface area is 149 Å². The fourth-order valence-corrected chi connectivity index (χ4v) is 3.52. The van der Waals surface area contributed by atoms with Gasteiger partial charge in [0, 0.05) is 21.8 Å². The lowest BCUT2D eigenvalue weighted by atomic mass is 10.2. The van der Waals surface area contributed by atoms with Gasteiger partial charge in [0.1, 0.15) is 0 Å². The van der Waals surface area contributed by atoms with Crippen LogP contribution in [0.5, 0.6) is 0 Å². The average molecular weight is 361 g/mol. The Bertz CT molecular complexity index is 743. The van der Waals surface area contributed by atoms with Crippen molar-refractivity contribution in [3.05, 3.63) is 29.6 Å². The van der Waals surface area contributed by atoms with Crippen LogP contribution in [0.4, 0.5) is 5.13 Å². The molecule has 1 heterocycles. The second-order valence-electron chi connectivity index (χ2n) is 5.85. The third kappa shape index (κ3) is 4.15. The summed E-state index contributed by atoms with van der Waals surface area (Å²) in [5.41, 5.74) is 1.85. The molecule has 0 aliphatic heterocycles. The second-order valence-corrected chi connectivity index (χ2v) is 7.59. The minimum atomic E-state index is -0.254. The van der Waals surface area contributed by atoms with Crippen molar-refractivity contribution in [3.8, 4) is 11.3 Å². The van der Waals surface area contributed by atoms with E-state index in [0.29, 0.717) is 11.0 Å². The van der Waals surface area contributed by atoms with Gasteiger partial charge in [-0.2, -0.15) is 0 Å². The van der Waals surface area contributed by atoms with Gasteiger partial charge in [-0.25, -0.2) is 4.98 Å². The minimum absolute atomic E-state index is 0.0145. The summed E-state index contributed by atoms with van der Waals surface area (Å²) in [6.45, 7) is 2.02. The van der Waals surface area contributed by atoms with Gasteiger partial charge in [0.2, 0.25) is 11.8 Å². The molecule has 0 bridgehead atoms. The van der Waals surface area contributed by atoms with Crippen LogP contribution < -0.4 is 10.6 Å².